The van der Waals surface area contributed by atoms with Crippen molar-refractivity contribution in [1.82, 2.24) is 4.90 Å². The first-order valence-electron chi connectivity index (χ1n) is 9.92. The molecule has 1 N–H and O–H groups in total. The number of amides is 2. The fourth-order valence-corrected chi connectivity index (χ4v) is 4.31. The smallest absolute Gasteiger partial charge is 0.266 e. The van der Waals surface area contributed by atoms with Crippen LogP contribution in [0.3, 0.4) is 0 Å². The molecule has 1 saturated heterocycles. The Balaban J connectivity index is 1.50. The SMILES string of the molecule is CCOc1ccc(NC(=O)CCCN2C(=O)C(=Cc3cccc(OC)c3)SC2=S)cc1. The van der Waals surface area contributed by atoms with E-state index in [1.165, 1.54) is 11.8 Å². The van der Waals surface area contributed by atoms with E-state index >= 15 is 0 Å². The molecular formula is C23H24N2O4S2. The van der Waals surface area contributed by atoms with Crippen molar-refractivity contribution in [2.75, 3.05) is 25.6 Å². The van der Waals surface area contributed by atoms with E-state index < -0.39 is 0 Å². The Hall–Kier alpha value is -2.84. The Morgan fingerprint density at radius 3 is 2.68 bits per heavy atom. The Morgan fingerprint density at radius 1 is 1.19 bits per heavy atom. The van der Waals surface area contributed by atoms with Gasteiger partial charge in [-0.1, -0.05) is 36.1 Å². The van der Waals surface area contributed by atoms with Crippen LogP contribution in [0.15, 0.2) is 53.4 Å². The lowest BCUT2D eigenvalue weighted by atomic mass is 10.2. The summed E-state index contributed by atoms with van der Waals surface area (Å²) in [7, 11) is 1.60. The third-order valence-electron chi connectivity index (χ3n) is 4.50. The lowest BCUT2D eigenvalue weighted by Gasteiger charge is -2.14. The minimum Gasteiger partial charge on any atom is -0.497 e. The van der Waals surface area contributed by atoms with E-state index in [1.807, 2.05) is 43.3 Å². The minimum atomic E-state index is -0.134. The van der Waals surface area contributed by atoms with E-state index in [9.17, 15) is 9.59 Å². The number of benzene rings is 2. The second kappa shape index (κ2) is 11.0. The quantitative estimate of drug-likeness (QED) is 0.435. The zero-order valence-electron chi connectivity index (χ0n) is 17.4. The lowest BCUT2D eigenvalue weighted by molar-refractivity contribution is -0.122. The monoisotopic (exact) mass is 456 g/mol. The summed E-state index contributed by atoms with van der Waals surface area (Å²) < 4.78 is 11.1. The molecule has 6 nitrogen and oxygen atoms in total. The molecule has 0 saturated carbocycles. The molecule has 0 aromatic heterocycles. The number of methoxy groups -OCH3 is 1. The normalized spacial score (nSPS) is 14.8. The number of hydrogen-bond donors (Lipinski definition) is 1. The number of rotatable bonds is 9. The molecule has 1 aliphatic heterocycles. The van der Waals surface area contributed by atoms with Gasteiger partial charge in [-0.2, -0.15) is 0 Å². The molecule has 2 aromatic rings. The number of ether oxygens (including phenoxy) is 2. The van der Waals surface area contributed by atoms with E-state index in [0.717, 1.165) is 17.1 Å². The van der Waals surface area contributed by atoms with Gasteiger partial charge >= 0.3 is 0 Å². The molecule has 31 heavy (non-hydrogen) atoms. The average Bonchev–Trinajstić information content (AvgIpc) is 3.02. The first-order chi connectivity index (χ1) is 15.0. The number of thioether (sulfide) groups is 1. The van der Waals surface area contributed by atoms with Crippen LogP contribution in [0.1, 0.15) is 25.3 Å². The predicted octanol–water partition coefficient (Wildman–Crippen LogP) is 4.71. The summed E-state index contributed by atoms with van der Waals surface area (Å²) in [5.41, 5.74) is 1.58. The van der Waals surface area contributed by atoms with Gasteiger partial charge in [0, 0.05) is 18.7 Å². The van der Waals surface area contributed by atoms with Gasteiger partial charge in [0.05, 0.1) is 18.6 Å². The van der Waals surface area contributed by atoms with Crippen LogP contribution >= 0.6 is 24.0 Å². The number of nitrogens with zero attached hydrogens (tertiary/aromatic N) is 1. The van der Waals surface area contributed by atoms with Crippen LogP contribution in [0.25, 0.3) is 6.08 Å². The van der Waals surface area contributed by atoms with Crippen molar-refractivity contribution in [3.05, 3.63) is 59.0 Å². The Kier molecular flexibility index (Phi) is 8.08. The zero-order chi connectivity index (χ0) is 22.2. The van der Waals surface area contributed by atoms with Crippen molar-refractivity contribution in [2.45, 2.75) is 19.8 Å². The van der Waals surface area contributed by atoms with E-state index in [-0.39, 0.29) is 11.8 Å². The summed E-state index contributed by atoms with van der Waals surface area (Å²) in [4.78, 5) is 27.1. The van der Waals surface area contributed by atoms with Gasteiger partial charge in [-0.3, -0.25) is 14.5 Å². The van der Waals surface area contributed by atoms with Gasteiger partial charge in [-0.05, 0) is 61.4 Å². The molecule has 0 radical (unpaired) electrons. The van der Waals surface area contributed by atoms with Crippen molar-refractivity contribution in [3.8, 4) is 11.5 Å². The molecule has 1 aliphatic rings. The van der Waals surface area contributed by atoms with Crippen molar-refractivity contribution in [3.63, 3.8) is 0 Å². The standard InChI is InChI=1S/C23H24N2O4S2/c1-3-29-18-11-9-17(10-12-18)24-21(26)8-5-13-25-22(27)20(31-23(25)30)15-16-6-4-7-19(14-16)28-2/h4,6-7,9-12,14-15H,3,5,8,13H2,1-2H3,(H,24,26). The molecular weight excluding hydrogens is 432 g/mol. The number of anilines is 1. The van der Waals surface area contributed by atoms with Gasteiger partial charge in [-0.25, -0.2) is 0 Å². The third-order valence-corrected chi connectivity index (χ3v) is 5.88. The number of hydrogen-bond acceptors (Lipinski definition) is 6. The van der Waals surface area contributed by atoms with E-state index in [1.54, 1.807) is 30.2 Å². The Bertz CT molecular complexity index is 989. The number of carbonyl (C=O) groups excluding carboxylic acids is 2. The van der Waals surface area contributed by atoms with E-state index in [2.05, 4.69) is 5.32 Å². The maximum Gasteiger partial charge on any atom is 0.266 e. The number of thiocarbonyl (C=S) groups is 1. The summed E-state index contributed by atoms with van der Waals surface area (Å²) in [6, 6.07) is 14.7. The van der Waals surface area contributed by atoms with Gasteiger partial charge in [0.25, 0.3) is 5.91 Å². The Morgan fingerprint density at radius 2 is 1.97 bits per heavy atom. The van der Waals surface area contributed by atoms with Gasteiger partial charge in [0.2, 0.25) is 5.91 Å². The van der Waals surface area contributed by atoms with Crippen molar-refractivity contribution in [1.29, 1.82) is 0 Å². The highest BCUT2D eigenvalue weighted by Gasteiger charge is 2.31. The minimum absolute atomic E-state index is 0.110. The Labute approximate surface area is 191 Å². The first kappa shape index (κ1) is 22.8. The third kappa shape index (κ3) is 6.32. The van der Waals surface area contributed by atoms with Crippen molar-refractivity contribution in [2.24, 2.45) is 0 Å². The van der Waals surface area contributed by atoms with Crippen LogP contribution in [0.2, 0.25) is 0 Å². The first-order valence-corrected chi connectivity index (χ1v) is 11.1. The fraction of sp³-hybridized carbons (Fsp3) is 0.261. The summed E-state index contributed by atoms with van der Waals surface area (Å²) in [6.07, 6.45) is 2.61. The lowest BCUT2D eigenvalue weighted by Crippen LogP contribution is -2.29. The zero-order valence-corrected chi connectivity index (χ0v) is 19.1. The molecule has 8 heteroatoms. The molecule has 0 unspecified atom stereocenters. The molecule has 162 valence electrons. The highest BCUT2D eigenvalue weighted by molar-refractivity contribution is 8.26. The summed E-state index contributed by atoms with van der Waals surface area (Å²) in [5, 5.41) is 2.85. The molecule has 0 bridgehead atoms. The maximum atomic E-state index is 12.7. The summed E-state index contributed by atoms with van der Waals surface area (Å²) in [5.74, 6) is 1.24. The highest BCUT2D eigenvalue weighted by atomic mass is 32.2. The van der Waals surface area contributed by atoms with Gasteiger partial charge < -0.3 is 14.8 Å². The molecule has 1 fully saturated rings. The number of carbonyl (C=O) groups is 2. The second-order valence-corrected chi connectivity index (χ2v) is 8.39. The predicted molar refractivity (Wildman–Crippen MR) is 128 cm³/mol. The van der Waals surface area contributed by atoms with Crippen LogP contribution in [-0.2, 0) is 9.59 Å². The molecule has 1 heterocycles. The van der Waals surface area contributed by atoms with Crippen LogP contribution in [0, 0.1) is 0 Å². The van der Waals surface area contributed by atoms with Gasteiger partial charge in [0.15, 0.2) is 0 Å². The van der Waals surface area contributed by atoms with Crippen molar-refractivity contribution >= 4 is 51.9 Å². The van der Waals surface area contributed by atoms with Gasteiger partial charge in [0.1, 0.15) is 15.8 Å². The topological polar surface area (TPSA) is 67.9 Å². The van der Waals surface area contributed by atoms with Crippen molar-refractivity contribution < 1.29 is 19.1 Å². The molecule has 0 atom stereocenters. The van der Waals surface area contributed by atoms with Gasteiger partial charge in [-0.15, -0.1) is 0 Å². The molecule has 2 amide bonds. The number of nitrogens with one attached hydrogen (secondary N) is 1. The molecule has 2 aromatic carbocycles. The van der Waals surface area contributed by atoms with Crippen LogP contribution in [0.5, 0.6) is 11.5 Å². The average molecular weight is 457 g/mol. The maximum absolute atomic E-state index is 12.7. The van der Waals surface area contributed by atoms with Crippen LogP contribution in [0.4, 0.5) is 5.69 Å². The van der Waals surface area contributed by atoms with Crippen LogP contribution in [-0.4, -0.2) is 41.3 Å². The summed E-state index contributed by atoms with van der Waals surface area (Å²) in [6.45, 7) is 2.91. The highest BCUT2D eigenvalue weighted by Crippen LogP contribution is 2.33. The molecule has 3 rings (SSSR count). The molecule has 0 spiro atoms. The van der Waals surface area contributed by atoms with Crippen LogP contribution < -0.4 is 14.8 Å². The summed E-state index contributed by atoms with van der Waals surface area (Å²) >= 11 is 6.64. The van der Waals surface area contributed by atoms with E-state index in [0.29, 0.717) is 40.9 Å². The largest absolute Gasteiger partial charge is 0.497 e. The van der Waals surface area contributed by atoms with E-state index in [4.69, 9.17) is 21.7 Å². The molecule has 0 aliphatic carbocycles. The second-order valence-electron chi connectivity index (χ2n) is 6.72. The fourth-order valence-electron chi connectivity index (χ4n) is 3.00.